The zero-order valence-electron chi connectivity index (χ0n) is 14.7. The van der Waals surface area contributed by atoms with Crippen molar-refractivity contribution in [1.29, 1.82) is 0 Å². The van der Waals surface area contributed by atoms with E-state index in [1.54, 1.807) is 13.8 Å². The third kappa shape index (κ3) is 3.64. The Bertz CT molecular complexity index is 1190. The zero-order chi connectivity index (χ0) is 20.0. The van der Waals surface area contributed by atoms with Gasteiger partial charge in [-0.05, 0) is 38.1 Å². The number of terminal acetylenes is 1. The number of fused-ring (bicyclic) bond motifs is 1. The third-order valence-electron chi connectivity index (χ3n) is 4.46. The second-order valence-electron chi connectivity index (χ2n) is 6.94. The van der Waals surface area contributed by atoms with Crippen LogP contribution < -0.4 is 10.9 Å². The molecular weight excluding hydrogens is 371 g/mol. The van der Waals surface area contributed by atoms with E-state index < -0.39 is 38.6 Å². The van der Waals surface area contributed by atoms with Crippen LogP contribution in [-0.2, 0) is 15.3 Å². The first-order chi connectivity index (χ1) is 12.5. The van der Waals surface area contributed by atoms with Crippen molar-refractivity contribution < 1.29 is 17.6 Å². The Morgan fingerprint density at radius 1 is 1.37 bits per heavy atom. The molecule has 2 N–H and O–H groups in total. The minimum atomic E-state index is -3.34. The summed E-state index contributed by atoms with van der Waals surface area (Å²) in [5.41, 5.74) is -1.17. The normalized spacial score (nSPS) is 18.4. The Hall–Kier alpha value is -2.92. The Morgan fingerprint density at radius 3 is 2.67 bits per heavy atom. The quantitative estimate of drug-likeness (QED) is 0.781. The molecule has 1 aromatic carbocycles. The van der Waals surface area contributed by atoms with Gasteiger partial charge in [0.05, 0.1) is 17.2 Å². The highest BCUT2D eigenvalue weighted by atomic mass is 32.2. The lowest BCUT2D eigenvalue weighted by atomic mass is 9.84. The van der Waals surface area contributed by atoms with Gasteiger partial charge in [-0.1, -0.05) is 5.92 Å². The molecule has 2 heterocycles. The lowest BCUT2D eigenvalue weighted by Gasteiger charge is -2.19. The van der Waals surface area contributed by atoms with Gasteiger partial charge in [-0.15, -0.1) is 6.42 Å². The highest BCUT2D eigenvalue weighted by molar-refractivity contribution is 7.94. The van der Waals surface area contributed by atoms with E-state index in [9.17, 15) is 22.4 Å². The van der Waals surface area contributed by atoms with Gasteiger partial charge in [0.1, 0.15) is 11.4 Å². The van der Waals surface area contributed by atoms with Crippen molar-refractivity contribution in [3.8, 4) is 12.3 Å². The van der Waals surface area contributed by atoms with Crippen molar-refractivity contribution >= 4 is 26.6 Å². The topological polar surface area (TPSA) is 96.1 Å². The molecule has 0 radical (unpaired) electrons. The lowest BCUT2D eigenvalue weighted by molar-refractivity contribution is 0.0946. The molecular formula is C19H17FN2O4S. The molecule has 0 saturated carbocycles. The monoisotopic (exact) mass is 388 g/mol. The van der Waals surface area contributed by atoms with Gasteiger partial charge in [0, 0.05) is 21.9 Å². The molecule has 8 heteroatoms. The van der Waals surface area contributed by atoms with E-state index in [0.29, 0.717) is 10.9 Å². The van der Waals surface area contributed by atoms with Gasteiger partial charge in [-0.3, -0.25) is 9.59 Å². The first-order valence-corrected chi connectivity index (χ1v) is 9.80. The first-order valence-electron chi connectivity index (χ1n) is 8.09. The lowest BCUT2D eigenvalue weighted by Crippen LogP contribution is -2.38. The van der Waals surface area contributed by atoms with E-state index in [4.69, 9.17) is 6.42 Å². The highest BCUT2D eigenvalue weighted by Gasteiger charge is 2.25. The van der Waals surface area contributed by atoms with E-state index >= 15 is 0 Å². The summed E-state index contributed by atoms with van der Waals surface area (Å²) in [5.74, 6) is 0.957. The van der Waals surface area contributed by atoms with Gasteiger partial charge >= 0.3 is 0 Å². The second kappa shape index (κ2) is 6.35. The number of aromatic amines is 1. The number of hydrogen-bond acceptors (Lipinski definition) is 4. The number of halogens is 1. The van der Waals surface area contributed by atoms with Crippen LogP contribution in [0.25, 0.3) is 10.9 Å². The van der Waals surface area contributed by atoms with Gasteiger partial charge in [0.25, 0.3) is 11.5 Å². The number of benzene rings is 1. The van der Waals surface area contributed by atoms with Crippen LogP contribution in [0.15, 0.2) is 34.5 Å². The Labute approximate surface area is 155 Å². The van der Waals surface area contributed by atoms with Gasteiger partial charge in [0.2, 0.25) is 0 Å². The number of aromatic nitrogens is 1. The number of sulfone groups is 1. The number of H-pyrrole nitrogens is 1. The molecule has 0 bridgehead atoms. The number of hydrogen-bond donors (Lipinski definition) is 2. The van der Waals surface area contributed by atoms with Crippen LogP contribution in [0, 0.1) is 18.2 Å². The smallest absolute Gasteiger partial charge is 0.261 e. The van der Waals surface area contributed by atoms with Crippen LogP contribution in [0.4, 0.5) is 4.39 Å². The van der Waals surface area contributed by atoms with E-state index in [1.807, 2.05) is 0 Å². The van der Waals surface area contributed by atoms with E-state index in [0.717, 1.165) is 5.41 Å². The Morgan fingerprint density at radius 2 is 2.07 bits per heavy atom. The summed E-state index contributed by atoms with van der Waals surface area (Å²) in [6.45, 7) is 3.36. The molecule has 3 rings (SSSR count). The number of nitrogens with one attached hydrogen (secondary N) is 2. The maximum atomic E-state index is 14.5. The van der Waals surface area contributed by atoms with Crippen molar-refractivity contribution in [2.45, 2.75) is 25.3 Å². The fourth-order valence-corrected chi connectivity index (χ4v) is 4.10. The third-order valence-corrected chi connectivity index (χ3v) is 5.85. The highest BCUT2D eigenvalue weighted by Crippen LogP contribution is 2.28. The van der Waals surface area contributed by atoms with Gasteiger partial charge in [-0.25, -0.2) is 12.8 Å². The molecule has 0 fully saturated rings. The Balaban J connectivity index is 1.99. The first kappa shape index (κ1) is 18.9. The van der Waals surface area contributed by atoms with Gasteiger partial charge < -0.3 is 10.3 Å². The predicted molar refractivity (Wildman–Crippen MR) is 101 cm³/mol. The summed E-state index contributed by atoms with van der Waals surface area (Å²) < 4.78 is 37.3. The molecule has 1 amide bonds. The minimum Gasteiger partial charge on any atom is -0.345 e. The molecule has 0 aliphatic carbocycles. The predicted octanol–water partition coefficient (Wildman–Crippen LogP) is 1.62. The van der Waals surface area contributed by atoms with Crippen molar-refractivity contribution in [1.82, 2.24) is 10.3 Å². The molecule has 1 atom stereocenters. The van der Waals surface area contributed by atoms with Crippen LogP contribution in [0.5, 0.6) is 0 Å². The summed E-state index contributed by atoms with van der Waals surface area (Å²) in [5, 5.41) is 3.81. The zero-order valence-corrected chi connectivity index (χ0v) is 15.5. The van der Waals surface area contributed by atoms with Crippen LogP contribution in [0.1, 0.15) is 29.8 Å². The van der Waals surface area contributed by atoms with Crippen molar-refractivity contribution in [3.05, 3.63) is 57.0 Å². The molecule has 2 aromatic rings. The largest absolute Gasteiger partial charge is 0.345 e. The van der Waals surface area contributed by atoms with Crippen LogP contribution in [0.2, 0.25) is 0 Å². The molecule has 1 aliphatic rings. The summed E-state index contributed by atoms with van der Waals surface area (Å²) >= 11 is 0. The van der Waals surface area contributed by atoms with E-state index in [2.05, 4.69) is 16.2 Å². The molecule has 140 valence electrons. The van der Waals surface area contributed by atoms with Gasteiger partial charge in [0.15, 0.2) is 9.84 Å². The summed E-state index contributed by atoms with van der Waals surface area (Å²) in [6, 6.07) is 3.22. The maximum absolute atomic E-state index is 14.5. The average molecular weight is 388 g/mol. The standard InChI is InChI=1S/C19H17FN2O4S/c1-4-19(2,3)14-9-16-11(8-15(14)20)7-13(18(24)22-16)17(23)21-12-5-6-27(25,26)10-12/h1,5-9,12H,10H2,2-3H3,(H,21,23)(H,22,24)/t12-/m1/s1. The Kier molecular flexibility index (Phi) is 4.44. The number of pyridine rings is 1. The minimum absolute atomic E-state index is 0.233. The number of carbonyl (C=O) groups is 1. The molecule has 0 spiro atoms. The number of amides is 1. The summed E-state index contributed by atoms with van der Waals surface area (Å²) in [4.78, 5) is 27.2. The SMILES string of the molecule is C#CC(C)(C)c1cc2[nH]c(=O)c(C(=O)N[C@@H]3C=CS(=O)(=O)C3)cc2cc1F. The molecule has 27 heavy (non-hydrogen) atoms. The number of carbonyl (C=O) groups excluding carboxylic acids is 1. The van der Waals surface area contributed by atoms with Crippen molar-refractivity contribution in [2.75, 3.05) is 5.75 Å². The van der Waals surface area contributed by atoms with Crippen LogP contribution in [-0.4, -0.2) is 31.1 Å². The van der Waals surface area contributed by atoms with Crippen LogP contribution in [0.3, 0.4) is 0 Å². The molecule has 6 nitrogen and oxygen atoms in total. The van der Waals surface area contributed by atoms with Crippen LogP contribution >= 0.6 is 0 Å². The molecule has 0 saturated heterocycles. The number of rotatable bonds is 3. The average Bonchev–Trinajstić information content (AvgIpc) is 2.92. The van der Waals surface area contributed by atoms with Crippen molar-refractivity contribution in [2.24, 2.45) is 0 Å². The maximum Gasteiger partial charge on any atom is 0.261 e. The summed E-state index contributed by atoms with van der Waals surface area (Å²) in [6.07, 6.45) is 6.80. The fourth-order valence-electron chi connectivity index (χ4n) is 2.86. The van der Waals surface area contributed by atoms with E-state index in [1.165, 1.54) is 24.3 Å². The second-order valence-corrected chi connectivity index (χ2v) is 8.87. The fraction of sp³-hybridized carbons (Fsp3) is 0.263. The van der Waals surface area contributed by atoms with Gasteiger partial charge in [-0.2, -0.15) is 0 Å². The molecule has 0 unspecified atom stereocenters. The van der Waals surface area contributed by atoms with E-state index in [-0.39, 0.29) is 16.9 Å². The van der Waals surface area contributed by atoms with Crippen molar-refractivity contribution in [3.63, 3.8) is 0 Å². The molecule has 1 aliphatic heterocycles. The molecule has 1 aromatic heterocycles. The summed E-state index contributed by atoms with van der Waals surface area (Å²) in [7, 11) is -3.34.